The van der Waals surface area contributed by atoms with Crippen molar-refractivity contribution in [3.8, 4) is 0 Å². The van der Waals surface area contributed by atoms with Crippen LogP contribution in [0.25, 0.3) is 0 Å². The minimum atomic E-state index is -2.27. The Bertz CT molecular complexity index is 397. The molecule has 1 rings (SSSR count). The Morgan fingerprint density at radius 3 is 2.53 bits per heavy atom. The van der Waals surface area contributed by atoms with Crippen molar-refractivity contribution >= 4 is 11.3 Å². The molecule has 1 heterocycles. The first-order valence-electron chi connectivity index (χ1n) is 6.47. The molecule has 0 radical (unpaired) electrons. The average Bonchev–Trinajstić information content (AvgIpc) is 2.54. The van der Waals surface area contributed by atoms with E-state index in [2.05, 4.69) is 39.1 Å². The zero-order chi connectivity index (χ0) is 14.6. The van der Waals surface area contributed by atoms with E-state index >= 15 is 0 Å². The Hall–Kier alpha value is -0.520. The standard InChI is InChI=1S/C14H24F2N2S/c1-10-11(8-18(5)9-13(15)16)6-12(19-10)7-17-14(2,3)4/h6,13,17H,7-9H2,1-5H3. The molecule has 0 aliphatic heterocycles. The fourth-order valence-corrected chi connectivity index (χ4v) is 2.77. The molecule has 0 saturated heterocycles. The van der Waals surface area contributed by atoms with Gasteiger partial charge in [-0.15, -0.1) is 11.3 Å². The van der Waals surface area contributed by atoms with E-state index in [1.807, 2.05) is 0 Å². The van der Waals surface area contributed by atoms with Crippen molar-refractivity contribution in [1.29, 1.82) is 0 Å². The first-order chi connectivity index (χ1) is 8.67. The van der Waals surface area contributed by atoms with Gasteiger partial charge < -0.3 is 5.32 Å². The number of halogens is 2. The average molecular weight is 290 g/mol. The third kappa shape index (κ3) is 6.45. The highest BCUT2D eigenvalue weighted by molar-refractivity contribution is 7.12. The Morgan fingerprint density at radius 1 is 1.37 bits per heavy atom. The second-order valence-electron chi connectivity index (χ2n) is 5.99. The fraction of sp³-hybridized carbons (Fsp3) is 0.714. The minimum Gasteiger partial charge on any atom is -0.307 e. The lowest BCUT2D eigenvalue weighted by Crippen LogP contribution is -2.34. The summed E-state index contributed by atoms with van der Waals surface area (Å²) < 4.78 is 24.6. The van der Waals surface area contributed by atoms with Crippen LogP contribution in [0.1, 0.15) is 36.1 Å². The van der Waals surface area contributed by atoms with Crippen molar-refractivity contribution < 1.29 is 8.78 Å². The van der Waals surface area contributed by atoms with Crippen molar-refractivity contribution in [2.24, 2.45) is 0 Å². The van der Waals surface area contributed by atoms with Gasteiger partial charge in [-0.3, -0.25) is 4.90 Å². The number of nitrogens with zero attached hydrogens (tertiary/aromatic N) is 1. The monoisotopic (exact) mass is 290 g/mol. The van der Waals surface area contributed by atoms with Crippen LogP contribution in [0, 0.1) is 6.92 Å². The van der Waals surface area contributed by atoms with E-state index in [-0.39, 0.29) is 12.1 Å². The van der Waals surface area contributed by atoms with Gasteiger partial charge in [0.1, 0.15) is 0 Å². The van der Waals surface area contributed by atoms with Gasteiger partial charge in [-0.1, -0.05) is 0 Å². The molecule has 0 amide bonds. The van der Waals surface area contributed by atoms with Gasteiger partial charge in [0.15, 0.2) is 0 Å². The first-order valence-corrected chi connectivity index (χ1v) is 7.29. The lowest BCUT2D eigenvalue weighted by Gasteiger charge is -2.19. The van der Waals surface area contributed by atoms with E-state index in [9.17, 15) is 8.78 Å². The number of rotatable bonds is 6. The molecule has 19 heavy (non-hydrogen) atoms. The van der Waals surface area contributed by atoms with Gasteiger partial charge in [-0.2, -0.15) is 0 Å². The molecule has 0 aliphatic rings. The smallest absolute Gasteiger partial charge is 0.251 e. The topological polar surface area (TPSA) is 15.3 Å². The Morgan fingerprint density at radius 2 is 2.00 bits per heavy atom. The molecule has 0 spiro atoms. The molecule has 1 aromatic heterocycles. The molecule has 0 aromatic carbocycles. The van der Waals surface area contributed by atoms with Gasteiger partial charge in [-0.25, -0.2) is 8.78 Å². The van der Waals surface area contributed by atoms with Crippen molar-refractivity contribution in [3.63, 3.8) is 0 Å². The largest absolute Gasteiger partial charge is 0.307 e. The minimum absolute atomic E-state index is 0.0878. The van der Waals surface area contributed by atoms with Crippen LogP contribution in [0.4, 0.5) is 8.78 Å². The van der Waals surface area contributed by atoms with Gasteiger partial charge in [-0.05, 0) is 46.4 Å². The molecular weight excluding hydrogens is 266 g/mol. The van der Waals surface area contributed by atoms with Gasteiger partial charge in [0.2, 0.25) is 0 Å². The number of hydrogen-bond acceptors (Lipinski definition) is 3. The summed E-state index contributed by atoms with van der Waals surface area (Å²) in [6, 6.07) is 2.13. The zero-order valence-electron chi connectivity index (χ0n) is 12.4. The SMILES string of the molecule is Cc1sc(CNC(C)(C)C)cc1CN(C)CC(F)F. The zero-order valence-corrected chi connectivity index (χ0v) is 13.2. The van der Waals surface area contributed by atoms with E-state index < -0.39 is 6.43 Å². The predicted octanol–water partition coefficient (Wildman–Crippen LogP) is 3.64. The molecule has 0 aliphatic carbocycles. The number of nitrogens with one attached hydrogen (secondary N) is 1. The van der Waals surface area contributed by atoms with Crippen LogP contribution < -0.4 is 5.32 Å². The molecule has 0 atom stereocenters. The molecule has 1 aromatic rings. The number of thiophene rings is 1. The maximum Gasteiger partial charge on any atom is 0.251 e. The summed E-state index contributed by atoms with van der Waals surface area (Å²) in [5.74, 6) is 0. The summed E-state index contributed by atoms with van der Waals surface area (Å²) in [4.78, 5) is 4.14. The number of hydrogen-bond donors (Lipinski definition) is 1. The van der Waals surface area contributed by atoms with Gasteiger partial charge in [0.05, 0.1) is 6.54 Å². The van der Waals surface area contributed by atoms with Crippen molar-refractivity contribution in [2.75, 3.05) is 13.6 Å². The molecule has 5 heteroatoms. The highest BCUT2D eigenvalue weighted by Crippen LogP contribution is 2.23. The van der Waals surface area contributed by atoms with E-state index in [1.54, 1.807) is 23.3 Å². The van der Waals surface area contributed by atoms with Gasteiger partial charge in [0.25, 0.3) is 6.43 Å². The van der Waals surface area contributed by atoms with Crippen LogP contribution in [0.15, 0.2) is 6.07 Å². The summed E-state index contributed by atoms with van der Waals surface area (Å²) in [6.07, 6.45) is -2.27. The van der Waals surface area contributed by atoms with Crippen LogP contribution in [-0.2, 0) is 13.1 Å². The summed E-state index contributed by atoms with van der Waals surface area (Å²) in [6.45, 7) is 9.68. The third-order valence-corrected chi connectivity index (χ3v) is 3.85. The number of aryl methyl sites for hydroxylation is 1. The van der Waals surface area contributed by atoms with Crippen molar-refractivity contribution in [3.05, 3.63) is 21.4 Å². The van der Waals surface area contributed by atoms with E-state index in [0.717, 1.165) is 12.1 Å². The molecule has 0 bridgehead atoms. The number of alkyl halides is 2. The quantitative estimate of drug-likeness (QED) is 0.860. The Labute approximate surface area is 118 Å². The Balaban J connectivity index is 2.59. The van der Waals surface area contributed by atoms with Crippen molar-refractivity contribution in [2.45, 2.75) is 52.7 Å². The summed E-state index contributed by atoms with van der Waals surface area (Å²) >= 11 is 1.74. The molecular formula is C14H24F2N2S. The third-order valence-electron chi connectivity index (χ3n) is 2.75. The second kappa shape index (κ2) is 6.77. The molecule has 110 valence electrons. The van der Waals surface area contributed by atoms with Crippen LogP contribution in [0.5, 0.6) is 0 Å². The van der Waals surface area contributed by atoms with Gasteiger partial charge >= 0.3 is 0 Å². The maximum atomic E-state index is 12.3. The normalized spacial score (nSPS) is 12.7. The molecule has 0 fully saturated rings. The molecule has 2 nitrogen and oxygen atoms in total. The maximum absolute atomic E-state index is 12.3. The summed E-state index contributed by atoms with van der Waals surface area (Å²) in [5, 5.41) is 3.44. The summed E-state index contributed by atoms with van der Waals surface area (Å²) in [7, 11) is 1.73. The fourth-order valence-electron chi connectivity index (χ4n) is 1.77. The van der Waals surface area contributed by atoms with Crippen LogP contribution in [-0.4, -0.2) is 30.5 Å². The van der Waals surface area contributed by atoms with E-state index in [1.165, 1.54) is 9.75 Å². The van der Waals surface area contributed by atoms with Gasteiger partial charge in [0, 0.05) is 28.4 Å². The highest BCUT2D eigenvalue weighted by Gasteiger charge is 2.13. The summed E-state index contributed by atoms with van der Waals surface area (Å²) in [5.41, 5.74) is 1.24. The molecule has 0 saturated carbocycles. The highest BCUT2D eigenvalue weighted by atomic mass is 32.1. The first kappa shape index (κ1) is 16.5. The second-order valence-corrected chi connectivity index (χ2v) is 7.33. The molecule has 1 N–H and O–H groups in total. The van der Waals surface area contributed by atoms with Crippen molar-refractivity contribution in [1.82, 2.24) is 10.2 Å². The lowest BCUT2D eigenvalue weighted by molar-refractivity contribution is 0.0975. The van der Waals surface area contributed by atoms with Crippen LogP contribution >= 0.6 is 11.3 Å². The molecule has 0 unspecified atom stereocenters. The van der Waals surface area contributed by atoms with Crippen LogP contribution in [0.2, 0.25) is 0 Å². The Kier molecular flexibility index (Phi) is 5.89. The predicted molar refractivity (Wildman–Crippen MR) is 78.0 cm³/mol. The van der Waals surface area contributed by atoms with Crippen LogP contribution in [0.3, 0.4) is 0 Å². The van der Waals surface area contributed by atoms with E-state index in [0.29, 0.717) is 6.54 Å². The lowest BCUT2D eigenvalue weighted by atomic mass is 10.1. The van der Waals surface area contributed by atoms with E-state index in [4.69, 9.17) is 0 Å².